The fourth-order valence-electron chi connectivity index (χ4n) is 1.34. The van der Waals surface area contributed by atoms with Crippen molar-refractivity contribution in [1.29, 1.82) is 0 Å². The van der Waals surface area contributed by atoms with Crippen LogP contribution in [0.3, 0.4) is 0 Å². The molecule has 0 aliphatic carbocycles. The Kier molecular flexibility index (Phi) is 4.58. The highest BCUT2D eigenvalue weighted by Gasteiger charge is 2.21. The summed E-state index contributed by atoms with van der Waals surface area (Å²) < 4.78 is 0. The van der Waals surface area contributed by atoms with E-state index in [1.54, 1.807) is 0 Å². The van der Waals surface area contributed by atoms with Crippen molar-refractivity contribution in [3.63, 3.8) is 0 Å². The normalized spacial score (nSPS) is 21.5. The number of hydrogen-bond donors (Lipinski definition) is 1. The van der Waals surface area contributed by atoms with E-state index in [1.807, 2.05) is 0 Å². The minimum atomic E-state index is 0.548. The molecule has 0 spiro atoms. The molecule has 1 heterocycles. The second-order valence-electron chi connectivity index (χ2n) is 3.12. The zero-order valence-corrected chi connectivity index (χ0v) is 7.93. The van der Waals surface area contributed by atoms with E-state index in [4.69, 9.17) is 9.78 Å². The molecule has 0 amide bonds. The number of nitrogens with one attached hydrogen (secondary N) is 1. The third kappa shape index (κ3) is 3.09. The van der Waals surface area contributed by atoms with Crippen LogP contribution in [0.15, 0.2) is 0 Å². The molecular formula is C9H18NO2. The van der Waals surface area contributed by atoms with Crippen LogP contribution in [0.1, 0.15) is 39.5 Å². The first-order chi connectivity index (χ1) is 5.86. The van der Waals surface area contributed by atoms with Crippen LogP contribution in [0.25, 0.3) is 0 Å². The van der Waals surface area contributed by atoms with Crippen molar-refractivity contribution < 1.29 is 9.78 Å². The van der Waals surface area contributed by atoms with Gasteiger partial charge in [-0.05, 0) is 12.8 Å². The molecule has 1 aliphatic heterocycles. The molecule has 3 nitrogen and oxygen atoms in total. The molecule has 0 saturated carbocycles. The van der Waals surface area contributed by atoms with Gasteiger partial charge >= 0.3 is 0 Å². The lowest BCUT2D eigenvalue weighted by atomic mass is 10.1. The van der Waals surface area contributed by atoms with Gasteiger partial charge in [0.15, 0.2) is 0 Å². The Morgan fingerprint density at radius 1 is 1.50 bits per heavy atom. The van der Waals surface area contributed by atoms with Gasteiger partial charge in [0.1, 0.15) is 0 Å². The Balaban J connectivity index is 2.16. The highest BCUT2D eigenvalue weighted by atomic mass is 17.2. The Hall–Kier alpha value is -0.120. The van der Waals surface area contributed by atoms with E-state index in [2.05, 4.69) is 19.2 Å². The first-order valence-electron chi connectivity index (χ1n) is 4.78. The Bertz CT molecular complexity index is 113. The Morgan fingerprint density at radius 3 is 2.83 bits per heavy atom. The van der Waals surface area contributed by atoms with E-state index in [1.165, 1.54) is 12.8 Å². The van der Waals surface area contributed by atoms with Crippen LogP contribution >= 0.6 is 0 Å². The lowest BCUT2D eigenvalue weighted by Crippen LogP contribution is -2.31. The van der Waals surface area contributed by atoms with Crippen molar-refractivity contribution in [2.75, 3.05) is 6.61 Å². The highest BCUT2D eigenvalue weighted by Crippen LogP contribution is 2.15. The minimum Gasteiger partial charge on any atom is -0.280 e. The van der Waals surface area contributed by atoms with Crippen LogP contribution in [0.5, 0.6) is 0 Å². The van der Waals surface area contributed by atoms with Gasteiger partial charge in [-0.3, -0.25) is 5.32 Å². The predicted molar refractivity (Wildman–Crippen MR) is 47.0 cm³/mol. The van der Waals surface area contributed by atoms with Gasteiger partial charge in [0, 0.05) is 12.5 Å². The molecule has 1 radical (unpaired) electrons. The zero-order chi connectivity index (χ0) is 8.81. The van der Waals surface area contributed by atoms with Gasteiger partial charge in [0.2, 0.25) is 6.23 Å². The van der Waals surface area contributed by atoms with Gasteiger partial charge < -0.3 is 0 Å². The number of hydrogen-bond acceptors (Lipinski definition) is 3. The zero-order valence-electron chi connectivity index (χ0n) is 7.93. The molecule has 0 aromatic carbocycles. The number of rotatable bonds is 5. The van der Waals surface area contributed by atoms with Gasteiger partial charge in [-0.25, -0.2) is 9.78 Å². The molecule has 3 heteroatoms. The molecule has 12 heavy (non-hydrogen) atoms. The van der Waals surface area contributed by atoms with Crippen LogP contribution in [-0.2, 0) is 9.78 Å². The van der Waals surface area contributed by atoms with Crippen LogP contribution in [0, 0.1) is 6.23 Å². The third-order valence-corrected chi connectivity index (χ3v) is 2.07. The molecule has 0 bridgehead atoms. The van der Waals surface area contributed by atoms with E-state index in [0.717, 1.165) is 19.1 Å². The first kappa shape index (κ1) is 9.96. The average Bonchev–Trinajstić information content (AvgIpc) is 2.56. The first-order valence-corrected chi connectivity index (χ1v) is 4.78. The smallest absolute Gasteiger partial charge is 0.202 e. The minimum absolute atomic E-state index is 0.548. The molecule has 0 aromatic heterocycles. The van der Waals surface area contributed by atoms with E-state index in [-0.39, 0.29) is 0 Å². The van der Waals surface area contributed by atoms with E-state index < -0.39 is 0 Å². The Morgan fingerprint density at radius 2 is 2.33 bits per heavy atom. The monoisotopic (exact) mass is 172 g/mol. The molecule has 0 aromatic rings. The molecule has 1 fully saturated rings. The van der Waals surface area contributed by atoms with Gasteiger partial charge in [-0.1, -0.05) is 20.3 Å². The van der Waals surface area contributed by atoms with E-state index in [9.17, 15) is 0 Å². The quantitative estimate of drug-likeness (QED) is 0.643. The fourth-order valence-corrected chi connectivity index (χ4v) is 1.34. The molecule has 1 atom stereocenters. The molecular weight excluding hydrogens is 154 g/mol. The van der Waals surface area contributed by atoms with E-state index >= 15 is 0 Å². The van der Waals surface area contributed by atoms with Crippen molar-refractivity contribution >= 4 is 0 Å². The van der Waals surface area contributed by atoms with Gasteiger partial charge in [0.25, 0.3) is 0 Å². The van der Waals surface area contributed by atoms with Crippen molar-refractivity contribution in [2.45, 2.75) is 45.6 Å². The summed E-state index contributed by atoms with van der Waals surface area (Å²) in [4.78, 5) is 9.72. The lowest BCUT2D eigenvalue weighted by molar-refractivity contribution is -0.249. The average molecular weight is 172 g/mol. The molecule has 1 N–H and O–H groups in total. The molecule has 1 aliphatic rings. The molecule has 1 rings (SSSR count). The maximum atomic E-state index is 4.94. The maximum absolute atomic E-state index is 4.94. The summed E-state index contributed by atoms with van der Waals surface area (Å²) in [6.07, 6.45) is 5.33. The summed E-state index contributed by atoms with van der Waals surface area (Å²) in [6.45, 7) is 5.07. The van der Waals surface area contributed by atoms with Crippen molar-refractivity contribution in [3.05, 3.63) is 6.23 Å². The SMILES string of the molecule is CCCC(CC)N[C]1CCOO1. The van der Waals surface area contributed by atoms with Crippen LogP contribution in [0.4, 0.5) is 0 Å². The summed E-state index contributed by atoms with van der Waals surface area (Å²) in [5.74, 6) is 0. The third-order valence-electron chi connectivity index (χ3n) is 2.07. The second-order valence-corrected chi connectivity index (χ2v) is 3.12. The largest absolute Gasteiger partial charge is 0.280 e. The summed E-state index contributed by atoms with van der Waals surface area (Å²) >= 11 is 0. The topological polar surface area (TPSA) is 30.5 Å². The van der Waals surface area contributed by atoms with Crippen LogP contribution in [0.2, 0.25) is 0 Å². The summed E-state index contributed by atoms with van der Waals surface area (Å²) in [6, 6.07) is 0.548. The Labute approximate surface area is 74.4 Å². The molecule has 1 unspecified atom stereocenters. The summed E-state index contributed by atoms with van der Waals surface area (Å²) in [5.41, 5.74) is 0. The molecule has 71 valence electrons. The molecule has 1 saturated heterocycles. The second kappa shape index (κ2) is 5.51. The predicted octanol–water partition coefficient (Wildman–Crippen LogP) is 2.00. The van der Waals surface area contributed by atoms with Crippen molar-refractivity contribution in [3.8, 4) is 0 Å². The fraction of sp³-hybridized carbons (Fsp3) is 0.889. The standard InChI is InChI=1S/C9H18NO2/c1-3-5-8(4-2)10-9-6-7-11-12-9/h8,10H,3-7H2,1-2H3. The van der Waals surface area contributed by atoms with Gasteiger partial charge in [-0.2, -0.15) is 0 Å². The van der Waals surface area contributed by atoms with Crippen LogP contribution < -0.4 is 5.32 Å². The summed E-state index contributed by atoms with van der Waals surface area (Å²) in [7, 11) is 0. The van der Waals surface area contributed by atoms with E-state index in [0.29, 0.717) is 12.6 Å². The van der Waals surface area contributed by atoms with Crippen molar-refractivity contribution in [2.24, 2.45) is 0 Å². The maximum Gasteiger partial charge on any atom is 0.202 e. The summed E-state index contributed by atoms with van der Waals surface area (Å²) in [5, 5.41) is 3.34. The van der Waals surface area contributed by atoms with Gasteiger partial charge in [-0.15, -0.1) is 0 Å². The van der Waals surface area contributed by atoms with Gasteiger partial charge in [0.05, 0.1) is 6.61 Å². The van der Waals surface area contributed by atoms with Crippen molar-refractivity contribution in [1.82, 2.24) is 5.32 Å². The lowest BCUT2D eigenvalue weighted by Gasteiger charge is -2.17. The van der Waals surface area contributed by atoms with Crippen LogP contribution in [-0.4, -0.2) is 12.6 Å². The highest BCUT2D eigenvalue weighted by molar-refractivity contribution is 4.80.